The first-order valence-electron chi connectivity index (χ1n) is 5.45. The number of amidine groups is 1. The second kappa shape index (κ2) is 5.93. The van der Waals surface area contributed by atoms with E-state index >= 15 is 0 Å². The molecule has 0 aliphatic rings. The number of nitrogens with two attached hydrogens (primary N) is 1. The van der Waals surface area contributed by atoms with Crippen LogP contribution in [0.3, 0.4) is 0 Å². The number of hydrogen-bond acceptors (Lipinski definition) is 4. The summed E-state index contributed by atoms with van der Waals surface area (Å²) < 4.78 is 0. The minimum Gasteiger partial charge on any atom is -0.409 e. The number of nitrogens with one attached hydrogen (secondary N) is 3. The highest BCUT2D eigenvalue weighted by Gasteiger charge is 2.12. The van der Waals surface area contributed by atoms with Crippen LogP contribution in [-0.4, -0.2) is 27.3 Å². The van der Waals surface area contributed by atoms with Crippen LogP contribution in [0, 0.1) is 0 Å². The van der Waals surface area contributed by atoms with Gasteiger partial charge in [-0.1, -0.05) is 22.8 Å². The number of carbonyl (C=O) groups excluding carboxylic acids is 1. The maximum Gasteiger partial charge on any atom is 0.324 e. The predicted octanol–water partition coefficient (Wildman–Crippen LogP) is 1.80. The van der Waals surface area contributed by atoms with Crippen molar-refractivity contribution in [2.75, 3.05) is 10.6 Å². The molecule has 0 saturated heterocycles. The van der Waals surface area contributed by atoms with E-state index in [9.17, 15) is 4.79 Å². The van der Waals surface area contributed by atoms with E-state index in [1.54, 1.807) is 24.3 Å². The highest BCUT2D eigenvalue weighted by molar-refractivity contribution is 6.30. The summed E-state index contributed by atoms with van der Waals surface area (Å²) in [5, 5.41) is 23.3. The van der Waals surface area contributed by atoms with Gasteiger partial charge in [-0.15, -0.1) is 0 Å². The van der Waals surface area contributed by atoms with Crippen molar-refractivity contribution in [2.45, 2.75) is 0 Å². The van der Waals surface area contributed by atoms with Crippen molar-refractivity contribution >= 4 is 35.0 Å². The van der Waals surface area contributed by atoms with Gasteiger partial charge in [0.05, 0.1) is 11.8 Å². The maximum absolute atomic E-state index is 11.8. The lowest BCUT2D eigenvalue weighted by Crippen LogP contribution is -2.22. The summed E-state index contributed by atoms with van der Waals surface area (Å²) >= 11 is 5.81. The number of amides is 2. The normalized spacial score (nSPS) is 11.2. The summed E-state index contributed by atoms with van der Waals surface area (Å²) in [4.78, 5) is 11.8. The van der Waals surface area contributed by atoms with Crippen molar-refractivity contribution < 1.29 is 10.0 Å². The molecule has 0 saturated carbocycles. The van der Waals surface area contributed by atoms with Crippen molar-refractivity contribution in [1.29, 1.82) is 0 Å². The average Bonchev–Trinajstić information content (AvgIpc) is 2.85. The molecule has 0 spiro atoms. The number of aromatic amines is 1. The third-order valence-electron chi connectivity index (χ3n) is 2.34. The van der Waals surface area contributed by atoms with Crippen molar-refractivity contribution in [3.05, 3.63) is 41.0 Å². The van der Waals surface area contributed by atoms with Gasteiger partial charge in [0.15, 0.2) is 5.84 Å². The van der Waals surface area contributed by atoms with E-state index in [0.29, 0.717) is 10.7 Å². The Bertz CT molecular complexity index is 654. The fourth-order valence-electron chi connectivity index (χ4n) is 1.47. The number of urea groups is 1. The first-order chi connectivity index (χ1) is 9.60. The quantitative estimate of drug-likeness (QED) is 0.256. The lowest BCUT2D eigenvalue weighted by atomic mass is 10.3. The molecule has 0 fully saturated rings. The molecule has 8 nitrogen and oxygen atoms in total. The molecule has 9 heteroatoms. The number of nitrogens with zero attached hydrogens (tertiary/aromatic N) is 2. The molecule has 1 heterocycles. The van der Waals surface area contributed by atoms with Gasteiger partial charge in [0.1, 0.15) is 5.82 Å². The minimum absolute atomic E-state index is 0.170. The van der Waals surface area contributed by atoms with Gasteiger partial charge < -0.3 is 16.3 Å². The van der Waals surface area contributed by atoms with E-state index in [2.05, 4.69) is 26.0 Å². The van der Waals surface area contributed by atoms with Gasteiger partial charge in [0, 0.05) is 10.7 Å². The molecule has 1 aromatic heterocycles. The number of halogens is 1. The van der Waals surface area contributed by atoms with Crippen molar-refractivity contribution in [3.63, 3.8) is 0 Å². The summed E-state index contributed by atoms with van der Waals surface area (Å²) in [5.74, 6) is 0.0385. The van der Waals surface area contributed by atoms with E-state index in [1.807, 2.05) is 0 Å². The molecule has 0 aliphatic carbocycles. The summed E-state index contributed by atoms with van der Waals surface area (Å²) in [5.41, 5.74) is 6.24. The number of anilines is 2. The molecule has 0 radical (unpaired) electrons. The third kappa shape index (κ3) is 3.18. The molecule has 20 heavy (non-hydrogen) atoms. The fourth-order valence-corrected chi connectivity index (χ4v) is 1.66. The highest BCUT2D eigenvalue weighted by Crippen LogP contribution is 2.16. The molecule has 0 aliphatic heterocycles. The van der Waals surface area contributed by atoms with Crippen LogP contribution in [0.25, 0.3) is 0 Å². The second-order valence-corrected chi connectivity index (χ2v) is 4.17. The second-order valence-electron chi connectivity index (χ2n) is 3.73. The summed E-state index contributed by atoms with van der Waals surface area (Å²) in [6.45, 7) is 0. The van der Waals surface area contributed by atoms with Gasteiger partial charge in [0.2, 0.25) is 0 Å². The van der Waals surface area contributed by atoms with Crippen molar-refractivity contribution in [2.24, 2.45) is 10.9 Å². The largest absolute Gasteiger partial charge is 0.409 e. The van der Waals surface area contributed by atoms with Crippen molar-refractivity contribution in [3.8, 4) is 0 Å². The number of aromatic nitrogens is 2. The van der Waals surface area contributed by atoms with Crippen LogP contribution in [0.15, 0.2) is 35.6 Å². The zero-order chi connectivity index (χ0) is 14.5. The van der Waals surface area contributed by atoms with Crippen LogP contribution < -0.4 is 16.4 Å². The van der Waals surface area contributed by atoms with E-state index in [1.165, 1.54) is 6.20 Å². The SMILES string of the molecule is NC(=NO)c1cn[nH]c1NC(=O)Nc1cccc(Cl)c1. The molecular weight excluding hydrogens is 284 g/mol. The van der Waals surface area contributed by atoms with Gasteiger partial charge in [-0.2, -0.15) is 5.10 Å². The number of benzene rings is 1. The standard InChI is InChI=1S/C11H11ClN6O2/c12-6-2-1-3-7(4-6)15-11(19)16-10-8(5-14-17-10)9(13)18-20/h1-5,20H,(H2,13,18)(H3,14,15,16,17,19). The molecule has 0 unspecified atom stereocenters. The van der Waals surface area contributed by atoms with E-state index in [-0.39, 0.29) is 17.2 Å². The lowest BCUT2D eigenvalue weighted by molar-refractivity contribution is 0.262. The Morgan fingerprint density at radius 1 is 1.45 bits per heavy atom. The number of carbonyl (C=O) groups is 1. The first-order valence-corrected chi connectivity index (χ1v) is 5.83. The Labute approximate surface area is 118 Å². The molecule has 6 N–H and O–H groups in total. The maximum atomic E-state index is 11.8. The Kier molecular flexibility index (Phi) is 4.06. The topological polar surface area (TPSA) is 128 Å². The Balaban J connectivity index is 2.07. The number of hydrogen-bond donors (Lipinski definition) is 5. The molecule has 2 aromatic rings. The number of oxime groups is 1. The van der Waals surface area contributed by atoms with Crippen LogP contribution in [-0.2, 0) is 0 Å². The van der Waals surface area contributed by atoms with Crippen LogP contribution in [0.1, 0.15) is 5.56 Å². The smallest absolute Gasteiger partial charge is 0.324 e. The molecule has 0 atom stereocenters. The predicted molar refractivity (Wildman–Crippen MR) is 75.2 cm³/mol. The zero-order valence-corrected chi connectivity index (χ0v) is 10.8. The van der Waals surface area contributed by atoms with E-state index < -0.39 is 6.03 Å². The van der Waals surface area contributed by atoms with Crippen LogP contribution >= 0.6 is 11.6 Å². The molecule has 104 valence electrons. The fraction of sp³-hybridized carbons (Fsp3) is 0. The molecule has 0 bridgehead atoms. The Hall–Kier alpha value is -2.74. The van der Waals surface area contributed by atoms with Gasteiger partial charge in [0.25, 0.3) is 0 Å². The number of H-pyrrole nitrogens is 1. The van der Waals surface area contributed by atoms with Crippen LogP contribution in [0.2, 0.25) is 5.02 Å². The van der Waals surface area contributed by atoms with E-state index in [0.717, 1.165) is 0 Å². The Morgan fingerprint density at radius 2 is 2.25 bits per heavy atom. The van der Waals surface area contributed by atoms with Gasteiger partial charge in [-0.25, -0.2) is 4.79 Å². The van der Waals surface area contributed by atoms with Crippen molar-refractivity contribution in [1.82, 2.24) is 10.2 Å². The van der Waals surface area contributed by atoms with Gasteiger partial charge >= 0.3 is 6.03 Å². The highest BCUT2D eigenvalue weighted by atomic mass is 35.5. The monoisotopic (exact) mass is 294 g/mol. The average molecular weight is 295 g/mol. The van der Waals surface area contributed by atoms with Gasteiger partial charge in [-0.05, 0) is 18.2 Å². The molecule has 2 amide bonds. The van der Waals surface area contributed by atoms with Crippen LogP contribution in [0.5, 0.6) is 0 Å². The molecule has 1 aromatic carbocycles. The summed E-state index contributed by atoms with van der Waals surface area (Å²) in [6.07, 6.45) is 1.32. The molecular formula is C11H11ClN6O2. The minimum atomic E-state index is -0.525. The summed E-state index contributed by atoms with van der Waals surface area (Å²) in [6, 6.07) is 6.15. The zero-order valence-electron chi connectivity index (χ0n) is 10.1. The summed E-state index contributed by atoms with van der Waals surface area (Å²) in [7, 11) is 0. The number of rotatable bonds is 3. The third-order valence-corrected chi connectivity index (χ3v) is 2.58. The Morgan fingerprint density at radius 3 is 2.95 bits per heavy atom. The first kappa shape index (κ1) is 13.7. The van der Waals surface area contributed by atoms with Crippen LogP contribution in [0.4, 0.5) is 16.3 Å². The van der Waals surface area contributed by atoms with E-state index in [4.69, 9.17) is 22.5 Å². The van der Waals surface area contributed by atoms with Gasteiger partial charge in [-0.3, -0.25) is 10.4 Å². The lowest BCUT2D eigenvalue weighted by Gasteiger charge is -2.07. The molecule has 2 rings (SSSR count).